The zero-order chi connectivity index (χ0) is 18.8. The Balaban J connectivity index is 1.60. The Labute approximate surface area is 162 Å². The first-order valence-corrected chi connectivity index (χ1v) is 10.2. The summed E-state index contributed by atoms with van der Waals surface area (Å²) in [7, 11) is -2.71. The predicted molar refractivity (Wildman–Crippen MR) is 111 cm³/mol. The summed E-state index contributed by atoms with van der Waals surface area (Å²) >= 11 is 0. The third kappa shape index (κ3) is 1.98. The minimum Gasteiger partial charge on any atom is -0.229 e. The van der Waals surface area contributed by atoms with Crippen molar-refractivity contribution in [3.8, 4) is 61.4 Å². The number of benzene rings is 4. The van der Waals surface area contributed by atoms with Gasteiger partial charge in [-0.25, -0.2) is 4.52 Å². The minimum atomic E-state index is -2.71. The molecule has 3 nitrogen and oxygen atoms in total. The second kappa shape index (κ2) is 5.62. The average Bonchev–Trinajstić information content (AvgIpc) is 2.68. The molecule has 0 fully saturated rings. The fourth-order valence-electron chi connectivity index (χ4n) is 4.54. The van der Waals surface area contributed by atoms with E-state index >= 15 is 0 Å². The van der Waals surface area contributed by atoms with E-state index in [1.165, 1.54) is 27.8 Å². The van der Waals surface area contributed by atoms with Gasteiger partial charge in [-0.1, -0.05) is 66.7 Å². The van der Waals surface area contributed by atoms with E-state index in [0.717, 1.165) is 27.8 Å². The van der Waals surface area contributed by atoms with Crippen LogP contribution in [-0.4, -0.2) is 4.89 Å². The van der Waals surface area contributed by atoms with Gasteiger partial charge in [0.2, 0.25) is 0 Å². The molecule has 0 heterocycles. The van der Waals surface area contributed by atoms with Crippen LogP contribution in [0.2, 0.25) is 0 Å². The highest BCUT2D eigenvalue weighted by Gasteiger charge is 2.34. The molecule has 0 radical (unpaired) electrons. The lowest BCUT2D eigenvalue weighted by atomic mass is 9.72. The van der Waals surface area contributed by atoms with Crippen molar-refractivity contribution in [2.24, 2.45) is 0 Å². The predicted octanol–water partition coefficient (Wildman–Crippen LogP) is 6.68. The maximum Gasteiger partial charge on any atom is 0.747 e. The molecule has 0 amide bonds. The second-order valence-electron chi connectivity index (χ2n) is 7.01. The van der Waals surface area contributed by atoms with Gasteiger partial charge < -0.3 is 0 Å². The molecule has 0 spiro atoms. The van der Waals surface area contributed by atoms with Crippen molar-refractivity contribution in [3.63, 3.8) is 0 Å². The van der Waals surface area contributed by atoms with E-state index in [4.69, 9.17) is 4.52 Å². The Morgan fingerprint density at radius 2 is 1.04 bits per heavy atom. The first kappa shape index (κ1) is 15.8. The van der Waals surface area contributed by atoms with Crippen LogP contribution in [0.4, 0.5) is 0 Å². The Bertz CT molecular complexity index is 1320. The summed E-state index contributed by atoms with van der Waals surface area (Å²) in [6.07, 6.45) is 0. The third-order valence-corrected chi connectivity index (χ3v) is 6.00. The minimum absolute atomic E-state index is 0.455. The summed E-state index contributed by atoms with van der Waals surface area (Å²) in [5.41, 5.74) is 11.6. The van der Waals surface area contributed by atoms with Crippen molar-refractivity contribution in [2.75, 3.05) is 0 Å². The third-order valence-electron chi connectivity index (χ3n) is 5.65. The fraction of sp³-hybridized carbons (Fsp3) is 0. The van der Waals surface area contributed by atoms with Crippen molar-refractivity contribution >= 4 is 8.25 Å². The van der Waals surface area contributed by atoms with Gasteiger partial charge in [0.15, 0.2) is 5.75 Å². The molecule has 1 unspecified atom stereocenters. The Kier molecular flexibility index (Phi) is 3.16. The summed E-state index contributed by atoms with van der Waals surface area (Å²) in [5.74, 6) is 0.455. The smallest absolute Gasteiger partial charge is 0.229 e. The van der Waals surface area contributed by atoms with Gasteiger partial charge in [0, 0.05) is 15.7 Å². The van der Waals surface area contributed by atoms with Crippen LogP contribution < -0.4 is 4.52 Å². The number of hydrogen-bond acceptors (Lipinski definition) is 2. The maximum absolute atomic E-state index is 11.3. The molecular weight excluding hydrogens is 367 g/mol. The molecule has 0 bridgehead atoms. The van der Waals surface area contributed by atoms with Gasteiger partial charge in [-0.05, 0) is 56.6 Å². The fourth-order valence-corrected chi connectivity index (χ4v) is 4.86. The van der Waals surface area contributed by atoms with E-state index in [9.17, 15) is 9.46 Å². The monoisotopic (exact) mass is 381 g/mol. The van der Waals surface area contributed by atoms with Crippen LogP contribution in [-0.2, 0) is 4.57 Å². The van der Waals surface area contributed by atoms with E-state index in [1.807, 2.05) is 24.3 Å². The van der Waals surface area contributed by atoms with Gasteiger partial charge in [0.25, 0.3) is 0 Å². The summed E-state index contributed by atoms with van der Waals surface area (Å²) in [5, 5.41) is 0. The Morgan fingerprint density at radius 3 is 1.71 bits per heavy atom. The second-order valence-corrected chi connectivity index (χ2v) is 7.67. The molecule has 1 atom stereocenters. The van der Waals surface area contributed by atoms with Crippen LogP contribution in [0.1, 0.15) is 0 Å². The number of hydrogen-bond donors (Lipinski definition) is 1. The molecule has 4 heteroatoms. The highest BCUT2D eigenvalue weighted by Crippen LogP contribution is 2.59. The van der Waals surface area contributed by atoms with Crippen LogP contribution in [0, 0.1) is 0 Å². The number of rotatable bonds is 3. The lowest BCUT2D eigenvalue weighted by Crippen LogP contribution is -2.05. The quantitative estimate of drug-likeness (QED) is 0.348. The molecule has 0 aliphatic heterocycles. The van der Waals surface area contributed by atoms with E-state index in [2.05, 4.69) is 48.5 Å². The van der Waals surface area contributed by atoms with Crippen LogP contribution in [0.25, 0.3) is 55.6 Å². The molecule has 2 aliphatic rings. The van der Waals surface area contributed by atoms with Crippen molar-refractivity contribution in [2.45, 2.75) is 0 Å². The molecule has 132 valence electrons. The molecule has 0 saturated carbocycles. The number of fused-ring (bicyclic) bond motifs is 8. The molecule has 6 rings (SSSR count). The highest BCUT2D eigenvalue weighted by atomic mass is 31.1. The molecule has 0 aromatic heterocycles. The van der Waals surface area contributed by atoms with Gasteiger partial charge in [-0.2, -0.15) is 0 Å². The van der Waals surface area contributed by atoms with E-state index in [1.54, 1.807) is 6.07 Å². The molecule has 4 aromatic carbocycles. The molecule has 2 aliphatic carbocycles. The Morgan fingerprint density at radius 1 is 0.536 bits per heavy atom. The van der Waals surface area contributed by atoms with Crippen LogP contribution in [0.3, 0.4) is 0 Å². The highest BCUT2D eigenvalue weighted by molar-refractivity contribution is 7.32. The molecule has 1 N–H and O–H groups in total. The summed E-state index contributed by atoms with van der Waals surface area (Å²) in [6, 6.07) is 26.8. The van der Waals surface area contributed by atoms with Crippen molar-refractivity contribution in [1.29, 1.82) is 0 Å². The van der Waals surface area contributed by atoms with Gasteiger partial charge >= 0.3 is 8.25 Å². The zero-order valence-corrected chi connectivity index (χ0v) is 15.6. The normalized spacial score (nSPS) is 12.5. The summed E-state index contributed by atoms with van der Waals surface area (Å²) in [6.45, 7) is 0. The maximum atomic E-state index is 11.3. The van der Waals surface area contributed by atoms with Gasteiger partial charge in [0.1, 0.15) is 0 Å². The van der Waals surface area contributed by atoms with E-state index in [-0.39, 0.29) is 0 Å². The van der Waals surface area contributed by atoms with E-state index in [0.29, 0.717) is 5.75 Å². The molecule has 4 aromatic rings. The SMILES string of the molecule is O=[P+](O)Oc1ccc(-c2cccc3c2-c2ccccc2-3)c2c1-c1ccccc1-2. The first-order chi connectivity index (χ1) is 13.7. The largest absolute Gasteiger partial charge is 0.747 e. The van der Waals surface area contributed by atoms with Crippen LogP contribution >= 0.6 is 8.25 Å². The standard InChI is InChI=1S/C24H13O3P/c25-28(26)27-21-13-12-20(23-18-8-3-4-9-19(18)24(21)23)17-11-5-10-16-14-6-1-2-7-15(14)22(16)17/h1-13H/p+1. The Hall–Kier alpha value is -3.26. The van der Waals surface area contributed by atoms with Crippen LogP contribution in [0.15, 0.2) is 78.9 Å². The van der Waals surface area contributed by atoms with Gasteiger partial charge in [-0.3, -0.25) is 0 Å². The van der Waals surface area contributed by atoms with Crippen LogP contribution in [0.5, 0.6) is 5.75 Å². The lowest BCUT2D eigenvalue weighted by molar-refractivity contribution is 0.411. The van der Waals surface area contributed by atoms with Gasteiger partial charge in [-0.15, -0.1) is 4.89 Å². The molecular formula is C24H14O3P+. The topological polar surface area (TPSA) is 46.5 Å². The zero-order valence-electron chi connectivity index (χ0n) is 14.7. The van der Waals surface area contributed by atoms with Crippen molar-refractivity contribution < 1.29 is 14.0 Å². The average molecular weight is 381 g/mol. The van der Waals surface area contributed by atoms with Crippen molar-refractivity contribution in [3.05, 3.63) is 78.9 Å². The molecule has 28 heavy (non-hydrogen) atoms. The lowest BCUT2D eigenvalue weighted by Gasteiger charge is -2.31. The van der Waals surface area contributed by atoms with Gasteiger partial charge in [0.05, 0.1) is 0 Å². The first-order valence-electron chi connectivity index (χ1n) is 9.08. The van der Waals surface area contributed by atoms with E-state index < -0.39 is 8.25 Å². The summed E-state index contributed by atoms with van der Waals surface area (Å²) in [4.78, 5) is 9.27. The van der Waals surface area contributed by atoms with Crippen molar-refractivity contribution in [1.82, 2.24) is 0 Å². The summed E-state index contributed by atoms with van der Waals surface area (Å²) < 4.78 is 16.5. The molecule has 0 saturated heterocycles.